The summed E-state index contributed by atoms with van der Waals surface area (Å²) in [6, 6.07) is 18.1. The molecule has 2 amide bonds. The molecule has 1 aliphatic rings. The van der Waals surface area contributed by atoms with Gasteiger partial charge in [-0.3, -0.25) is 9.59 Å². The number of benzene rings is 2. The van der Waals surface area contributed by atoms with Gasteiger partial charge in [0.25, 0.3) is 5.91 Å². The summed E-state index contributed by atoms with van der Waals surface area (Å²) in [5, 5.41) is 3.05. The van der Waals surface area contributed by atoms with Crippen molar-refractivity contribution in [2.24, 2.45) is 11.7 Å². The highest BCUT2D eigenvalue weighted by molar-refractivity contribution is 5.92. The quantitative estimate of drug-likeness (QED) is 0.725. The highest BCUT2D eigenvalue weighted by Crippen LogP contribution is 2.19. The minimum absolute atomic E-state index is 0.0226. The Morgan fingerprint density at radius 1 is 1.08 bits per heavy atom. The predicted octanol–water partition coefficient (Wildman–Crippen LogP) is 0.996. The number of nitrogens with two attached hydrogens (primary N) is 1. The van der Waals surface area contributed by atoms with Crippen molar-refractivity contribution < 1.29 is 14.5 Å². The topological polar surface area (TPSA) is 76.6 Å². The highest BCUT2D eigenvalue weighted by atomic mass is 16.2. The van der Waals surface area contributed by atoms with E-state index in [4.69, 9.17) is 5.73 Å². The average molecular weight is 352 g/mol. The lowest BCUT2D eigenvalue weighted by Crippen LogP contribution is -3.14. The van der Waals surface area contributed by atoms with Crippen LogP contribution in [0.25, 0.3) is 0 Å². The second kappa shape index (κ2) is 8.63. The summed E-state index contributed by atoms with van der Waals surface area (Å²) in [5.74, 6) is -0.390. The second-order valence-electron chi connectivity index (χ2n) is 6.99. The standard InChI is InChI=1S/C21H25N3O2/c22-21(26)18-10-6-12-24(14-18)15-20(25)23-19-11-5-4-9-17(19)13-16-7-2-1-3-8-16/h1-5,7-9,11,18H,6,10,12-15H2,(H2,22,26)(H,23,25)/p+1/t18-/m1/s1. The molecular weight excluding hydrogens is 326 g/mol. The van der Waals surface area contributed by atoms with E-state index in [1.165, 1.54) is 5.56 Å². The molecule has 5 nitrogen and oxygen atoms in total. The second-order valence-corrected chi connectivity index (χ2v) is 6.99. The van der Waals surface area contributed by atoms with Crippen LogP contribution in [0.15, 0.2) is 54.6 Å². The maximum Gasteiger partial charge on any atom is 0.279 e. The number of quaternary nitrogens is 1. The Kier molecular flexibility index (Phi) is 6.02. The molecule has 0 radical (unpaired) electrons. The Bertz CT molecular complexity index is 761. The zero-order chi connectivity index (χ0) is 18.4. The third-order valence-corrected chi connectivity index (χ3v) is 4.96. The molecule has 1 saturated heterocycles. The van der Waals surface area contributed by atoms with Crippen molar-refractivity contribution in [1.29, 1.82) is 0 Å². The van der Waals surface area contributed by atoms with Crippen LogP contribution in [0.4, 0.5) is 5.69 Å². The van der Waals surface area contributed by atoms with Crippen molar-refractivity contribution >= 4 is 17.5 Å². The molecule has 0 spiro atoms. The fourth-order valence-electron chi connectivity index (χ4n) is 3.59. The fraction of sp³-hybridized carbons (Fsp3) is 0.333. The van der Waals surface area contributed by atoms with E-state index in [0.29, 0.717) is 13.1 Å². The van der Waals surface area contributed by atoms with Crippen LogP contribution in [-0.2, 0) is 16.0 Å². The van der Waals surface area contributed by atoms with Gasteiger partial charge in [-0.25, -0.2) is 0 Å². The molecule has 0 aliphatic carbocycles. The van der Waals surface area contributed by atoms with Gasteiger partial charge in [0.2, 0.25) is 5.91 Å². The van der Waals surface area contributed by atoms with Gasteiger partial charge in [-0.15, -0.1) is 0 Å². The molecule has 136 valence electrons. The highest BCUT2D eigenvalue weighted by Gasteiger charge is 2.28. The predicted molar refractivity (Wildman–Crippen MR) is 102 cm³/mol. The third-order valence-electron chi connectivity index (χ3n) is 4.96. The Hall–Kier alpha value is -2.66. The number of hydrogen-bond acceptors (Lipinski definition) is 2. The largest absolute Gasteiger partial charge is 0.369 e. The molecule has 5 heteroatoms. The zero-order valence-corrected chi connectivity index (χ0v) is 14.9. The minimum Gasteiger partial charge on any atom is -0.369 e. The lowest BCUT2D eigenvalue weighted by Gasteiger charge is -2.27. The number of nitrogens with one attached hydrogen (secondary N) is 2. The van der Waals surface area contributed by atoms with Crippen LogP contribution in [0.3, 0.4) is 0 Å². The van der Waals surface area contributed by atoms with Gasteiger partial charge in [0.15, 0.2) is 6.54 Å². The Balaban J connectivity index is 1.62. The molecule has 1 heterocycles. The van der Waals surface area contributed by atoms with E-state index >= 15 is 0 Å². The monoisotopic (exact) mass is 352 g/mol. The normalized spacial score (nSPS) is 19.7. The average Bonchev–Trinajstić information content (AvgIpc) is 2.64. The lowest BCUT2D eigenvalue weighted by atomic mass is 9.97. The summed E-state index contributed by atoms with van der Waals surface area (Å²) in [6.45, 7) is 1.92. The molecule has 4 N–H and O–H groups in total. The Labute approximate surface area is 154 Å². The summed E-state index contributed by atoms with van der Waals surface area (Å²) in [7, 11) is 0. The maximum atomic E-state index is 12.5. The Morgan fingerprint density at radius 2 is 1.81 bits per heavy atom. The van der Waals surface area contributed by atoms with E-state index in [1.54, 1.807) is 0 Å². The first-order chi connectivity index (χ1) is 12.6. The number of anilines is 1. The van der Waals surface area contributed by atoms with Crippen LogP contribution in [0.2, 0.25) is 0 Å². The van der Waals surface area contributed by atoms with E-state index in [2.05, 4.69) is 17.4 Å². The molecule has 0 saturated carbocycles. The van der Waals surface area contributed by atoms with Gasteiger partial charge in [0.1, 0.15) is 0 Å². The van der Waals surface area contributed by atoms with Crippen molar-refractivity contribution in [3.63, 3.8) is 0 Å². The third kappa shape index (κ3) is 4.92. The summed E-state index contributed by atoms with van der Waals surface area (Å²) >= 11 is 0. The molecule has 0 bridgehead atoms. The molecule has 1 fully saturated rings. The van der Waals surface area contributed by atoms with Gasteiger partial charge in [0.05, 0.1) is 19.0 Å². The molecule has 0 aromatic heterocycles. The van der Waals surface area contributed by atoms with E-state index in [9.17, 15) is 9.59 Å². The van der Waals surface area contributed by atoms with Crippen molar-refractivity contribution in [1.82, 2.24) is 0 Å². The molecule has 1 unspecified atom stereocenters. The smallest absolute Gasteiger partial charge is 0.279 e. The number of carbonyl (C=O) groups excluding carboxylic acids is 2. The van der Waals surface area contributed by atoms with Crippen molar-refractivity contribution in [2.45, 2.75) is 19.3 Å². The number of primary amides is 1. The van der Waals surface area contributed by atoms with Crippen LogP contribution in [-0.4, -0.2) is 31.4 Å². The number of carbonyl (C=O) groups is 2. The summed E-state index contributed by atoms with van der Waals surface area (Å²) in [6.07, 6.45) is 2.54. The number of para-hydroxylation sites is 1. The van der Waals surface area contributed by atoms with E-state index in [1.807, 2.05) is 42.5 Å². The number of hydrogen-bond donors (Lipinski definition) is 3. The van der Waals surface area contributed by atoms with Gasteiger partial charge in [-0.1, -0.05) is 48.5 Å². The van der Waals surface area contributed by atoms with Crippen LogP contribution in [0.5, 0.6) is 0 Å². The van der Waals surface area contributed by atoms with Crippen molar-refractivity contribution in [3.05, 3.63) is 65.7 Å². The van der Waals surface area contributed by atoms with E-state index < -0.39 is 0 Å². The molecule has 1 aliphatic heterocycles. The lowest BCUT2D eigenvalue weighted by molar-refractivity contribution is -0.899. The first-order valence-corrected chi connectivity index (χ1v) is 9.16. The number of rotatable bonds is 6. The SMILES string of the molecule is NC(=O)[C@@H]1CCC[NH+](CC(=O)Nc2ccccc2Cc2ccccc2)C1. The summed E-state index contributed by atoms with van der Waals surface area (Å²) in [5.41, 5.74) is 8.58. The van der Waals surface area contributed by atoms with Gasteiger partial charge in [-0.05, 0) is 36.5 Å². The van der Waals surface area contributed by atoms with Crippen molar-refractivity contribution in [2.75, 3.05) is 25.0 Å². The Morgan fingerprint density at radius 3 is 2.58 bits per heavy atom. The maximum absolute atomic E-state index is 12.5. The molecule has 2 aromatic carbocycles. The fourth-order valence-corrected chi connectivity index (χ4v) is 3.59. The number of amides is 2. The van der Waals surface area contributed by atoms with Crippen molar-refractivity contribution in [3.8, 4) is 0 Å². The minimum atomic E-state index is -0.254. The van der Waals surface area contributed by atoms with Crippen LogP contribution in [0.1, 0.15) is 24.0 Å². The molecule has 3 rings (SSSR count). The summed E-state index contributed by atoms with van der Waals surface area (Å²) < 4.78 is 0. The van der Waals surface area contributed by atoms with Crippen LogP contribution < -0.4 is 16.0 Å². The zero-order valence-electron chi connectivity index (χ0n) is 14.9. The molecule has 2 aromatic rings. The van der Waals surface area contributed by atoms with Gasteiger partial charge in [-0.2, -0.15) is 0 Å². The molecular formula is C21H26N3O2+. The first kappa shape index (κ1) is 18.1. The molecule has 26 heavy (non-hydrogen) atoms. The van der Waals surface area contributed by atoms with E-state index in [0.717, 1.165) is 42.0 Å². The summed E-state index contributed by atoms with van der Waals surface area (Å²) in [4.78, 5) is 25.0. The van der Waals surface area contributed by atoms with Crippen LogP contribution >= 0.6 is 0 Å². The van der Waals surface area contributed by atoms with Crippen LogP contribution in [0, 0.1) is 5.92 Å². The van der Waals surface area contributed by atoms with E-state index in [-0.39, 0.29) is 17.7 Å². The number of likely N-dealkylation sites (tertiary alicyclic amines) is 1. The van der Waals surface area contributed by atoms with Gasteiger partial charge < -0.3 is 16.0 Å². The first-order valence-electron chi connectivity index (χ1n) is 9.16. The molecule has 2 atom stereocenters. The van der Waals surface area contributed by atoms with Gasteiger partial charge in [0, 0.05) is 5.69 Å². The number of piperidine rings is 1. The van der Waals surface area contributed by atoms with Gasteiger partial charge >= 0.3 is 0 Å².